The highest BCUT2D eigenvalue weighted by Crippen LogP contribution is 2.37. The summed E-state index contributed by atoms with van der Waals surface area (Å²) in [5, 5.41) is 0. The summed E-state index contributed by atoms with van der Waals surface area (Å²) in [7, 11) is 0. The number of halogens is 1. The number of hydrogen-bond acceptors (Lipinski definition) is 5. The van der Waals surface area contributed by atoms with E-state index in [1.54, 1.807) is 0 Å². The molecule has 136 valence electrons. The number of carbonyl (C=O) groups is 2. The van der Waals surface area contributed by atoms with Crippen LogP contribution in [0.3, 0.4) is 0 Å². The minimum absolute atomic E-state index is 0.0801. The van der Waals surface area contributed by atoms with Crippen molar-refractivity contribution in [3.8, 4) is 0 Å². The zero-order valence-corrected chi connectivity index (χ0v) is 16.2. The van der Waals surface area contributed by atoms with Crippen LogP contribution in [0.5, 0.6) is 0 Å². The Balaban J connectivity index is 1.67. The third kappa shape index (κ3) is 2.98. The van der Waals surface area contributed by atoms with Crippen molar-refractivity contribution in [1.82, 2.24) is 0 Å². The largest absolute Gasteiger partial charge is 0.461 e. The van der Waals surface area contributed by atoms with Gasteiger partial charge in [-0.1, -0.05) is 22.0 Å². The van der Waals surface area contributed by atoms with Crippen LogP contribution in [0.15, 0.2) is 32.7 Å². The van der Waals surface area contributed by atoms with Gasteiger partial charge in [0.25, 0.3) is 0 Å². The second-order valence-corrected chi connectivity index (χ2v) is 7.67. The molecule has 2 unspecified atom stereocenters. The van der Waals surface area contributed by atoms with Crippen molar-refractivity contribution in [2.45, 2.75) is 26.4 Å². The van der Waals surface area contributed by atoms with E-state index < -0.39 is 0 Å². The molecule has 4 rings (SSSR count). The van der Waals surface area contributed by atoms with Crippen LogP contribution in [-0.2, 0) is 20.9 Å². The highest BCUT2D eigenvalue weighted by atomic mass is 79.9. The molecule has 0 N–H and O–H groups in total. The van der Waals surface area contributed by atoms with Crippen molar-refractivity contribution < 1.29 is 14.3 Å². The van der Waals surface area contributed by atoms with Crippen LogP contribution in [0.4, 0.5) is 5.69 Å². The molecule has 3 aliphatic heterocycles. The molecule has 3 heterocycles. The SMILES string of the molecule is CC(=O)OCc1c(Br)cccc1N1CCC2=NCC3=NCCC3C2C1=O. The Labute approximate surface area is 160 Å². The molecule has 0 bridgehead atoms. The van der Waals surface area contributed by atoms with Crippen LogP contribution in [0, 0.1) is 11.8 Å². The van der Waals surface area contributed by atoms with Gasteiger partial charge >= 0.3 is 5.97 Å². The van der Waals surface area contributed by atoms with Crippen molar-refractivity contribution in [2.24, 2.45) is 21.8 Å². The van der Waals surface area contributed by atoms with E-state index in [1.807, 2.05) is 23.1 Å². The Kier molecular flexibility index (Phi) is 4.65. The Morgan fingerprint density at radius 2 is 2.19 bits per heavy atom. The molecule has 0 aliphatic carbocycles. The normalized spacial score (nSPS) is 24.5. The topological polar surface area (TPSA) is 71.3 Å². The highest BCUT2D eigenvalue weighted by molar-refractivity contribution is 9.10. The third-order valence-electron chi connectivity index (χ3n) is 5.32. The minimum Gasteiger partial charge on any atom is -0.461 e. The van der Waals surface area contributed by atoms with Gasteiger partial charge in [-0.3, -0.25) is 19.6 Å². The van der Waals surface area contributed by atoms with E-state index in [2.05, 4.69) is 25.9 Å². The zero-order valence-electron chi connectivity index (χ0n) is 14.6. The number of ether oxygens (including phenoxy) is 1. The standard InChI is InChI=1S/C19H20BrN3O3/c1-11(24)26-10-13-14(20)3-2-4-17(13)23-8-6-15-18(19(23)25)12-5-7-21-16(12)9-22-15/h2-4,12,18H,5-10H2,1H3. The van der Waals surface area contributed by atoms with Crippen LogP contribution in [-0.4, -0.2) is 42.9 Å². The first-order chi connectivity index (χ1) is 12.6. The van der Waals surface area contributed by atoms with Crippen LogP contribution >= 0.6 is 15.9 Å². The Hall–Kier alpha value is -2.02. The maximum absolute atomic E-state index is 13.4. The Bertz CT molecular complexity index is 833. The maximum Gasteiger partial charge on any atom is 0.302 e. The number of esters is 1. The van der Waals surface area contributed by atoms with E-state index >= 15 is 0 Å². The molecule has 0 aromatic heterocycles. The number of anilines is 1. The summed E-state index contributed by atoms with van der Waals surface area (Å²) in [6, 6.07) is 5.71. The molecule has 3 aliphatic rings. The molecule has 26 heavy (non-hydrogen) atoms. The molecule has 6 nitrogen and oxygen atoms in total. The van der Waals surface area contributed by atoms with Crippen molar-refractivity contribution in [3.05, 3.63) is 28.2 Å². The van der Waals surface area contributed by atoms with E-state index in [-0.39, 0.29) is 30.3 Å². The third-order valence-corrected chi connectivity index (χ3v) is 6.06. The number of piperidine rings is 1. The summed E-state index contributed by atoms with van der Waals surface area (Å²) < 4.78 is 6.03. The summed E-state index contributed by atoms with van der Waals surface area (Å²) in [4.78, 5) is 35.6. The quantitative estimate of drug-likeness (QED) is 0.709. The van der Waals surface area contributed by atoms with E-state index in [9.17, 15) is 9.59 Å². The lowest BCUT2D eigenvalue weighted by Gasteiger charge is -2.39. The average Bonchev–Trinajstić information content (AvgIpc) is 3.09. The number of hydrogen-bond donors (Lipinski definition) is 0. The smallest absolute Gasteiger partial charge is 0.302 e. The number of fused-ring (bicyclic) bond motifs is 3. The van der Waals surface area contributed by atoms with Gasteiger partial charge in [-0.05, 0) is 18.6 Å². The summed E-state index contributed by atoms with van der Waals surface area (Å²) >= 11 is 3.53. The van der Waals surface area contributed by atoms with Gasteiger partial charge in [0.15, 0.2) is 0 Å². The molecule has 1 saturated heterocycles. The summed E-state index contributed by atoms with van der Waals surface area (Å²) in [5.41, 5.74) is 3.70. The monoisotopic (exact) mass is 417 g/mol. The van der Waals surface area contributed by atoms with Gasteiger partial charge < -0.3 is 9.64 Å². The van der Waals surface area contributed by atoms with Crippen LogP contribution < -0.4 is 4.90 Å². The molecular weight excluding hydrogens is 398 g/mol. The highest BCUT2D eigenvalue weighted by Gasteiger charge is 2.45. The zero-order chi connectivity index (χ0) is 18.3. The summed E-state index contributed by atoms with van der Waals surface area (Å²) in [6.45, 7) is 3.56. The van der Waals surface area contributed by atoms with Gasteiger partial charge in [0, 0.05) is 53.8 Å². The maximum atomic E-state index is 13.4. The van der Waals surface area contributed by atoms with E-state index in [0.29, 0.717) is 13.1 Å². The second kappa shape index (κ2) is 6.95. The van der Waals surface area contributed by atoms with E-state index in [4.69, 9.17) is 4.74 Å². The van der Waals surface area contributed by atoms with Gasteiger partial charge in [-0.15, -0.1) is 0 Å². The number of amides is 1. The summed E-state index contributed by atoms with van der Waals surface area (Å²) in [5.74, 6) is -0.261. The van der Waals surface area contributed by atoms with Crippen molar-refractivity contribution in [1.29, 1.82) is 0 Å². The number of rotatable bonds is 3. The molecule has 2 atom stereocenters. The van der Waals surface area contributed by atoms with E-state index in [0.717, 1.165) is 46.5 Å². The fourth-order valence-corrected chi connectivity index (χ4v) is 4.55. The Morgan fingerprint density at radius 1 is 1.35 bits per heavy atom. The molecule has 1 aromatic carbocycles. The number of benzene rings is 1. The Morgan fingerprint density at radius 3 is 3.00 bits per heavy atom. The first-order valence-corrected chi connectivity index (χ1v) is 9.64. The molecule has 0 spiro atoms. The van der Waals surface area contributed by atoms with Gasteiger partial charge in [0.2, 0.25) is 5.91 Å². The van der Waals surface area contributed by atoms with Crippen LogP contribution in [0.2, 0.25) is 0 Å². The minimum atomic E-state index is -0.342. The molecular formula is C19H20BrN3O3. The van der Waals surface area contributed by atoms with Gasteiger partial charge in [-0.25, -0.2) is 0 Å². The van der Waals surface area contributed by atoms with Gasteiger partial charge in [0.05, 0.1) is 18.2 Å². The molecule has 1 aromatic rings. The second-order valence-electron chi connectivity index (χ2n) is 6.81. The average molecular weight is 418 g/mol. The van der Waals surface area contributed by atoms with Crippen LogP contribution in [0.25, 0.3) is 0 Å². The van der Waals surface area contributed by atoms with E-state index in [1.165, 1.54) is 6.92 Å². The first-order valence-electron chi connectivity index (χ1n) is 8.85. The lowest BCUT2D eigenvalue weighted by atomic mass is 9.77. The molecule has 0 radical (unpaired) electrons. The number of nitrogens with zero attached hydrogens (tertiary/aromatic N) is 3. The molecule has 0 saturated carbocycles. The van der Waals surface area contributed by atoms with Crippen molar-refractivity contribution in [2.75, 3.05) is 24.5 Å². The van der Waals surface area contributed by atoms with Gasteiger partial charge in [0.1, 0.15) is 6.61 Å². The fourth-order valence-electron chi connectivity index (χ4n) is 4.08. The number of aliphatic imine (C=N–C) groups is 2. The molecule has 7 heteroatoms. The lowest BCUT2D eigenvalue weighted by Crippen LogP contribution is -2.52. The van der Waals surface area contributed by atoms with Crippen LogP contribution in [0.1, 0.15) is 25.3 Å². The van der Waals surface area contributed by atoms with Crippen molar-refractivity contribution >= 4 is 44.9 Å². The first kappa shape index (κ1) is 17.4. The fraction of sp³-hybridized carbons (Fsp3) is 0.474. The lowest BCUT2D eigenvalue weighted by molar-refractivity contribution is -0.142. The predicted molar refractivity (Wildman–Crippen MR) is 103 cm³/mol. The molecule has 1 fully saturated rings. The van der Waals surface area contributed by atoms with Gasteiger partial charge in [-0.2, -0.15) is 0 Å². The molecule has 1 amide bonds. The number of carbonyl (C=O) groups excluding carboxylic acids is 2. The summed E-state index contributed by atoms with van der Waals surface area (Å²) in [6.07, 6.45) is 1.71. The predicted octanol–water partition coefficient (Wildman–Crippen LogP) is 2.78. The van der Waals surface area contributed by atoms with Crippen molar-refractivity contribution in [3.63, 3.8) is 0 Å².